The molecular weight excluding hydrogens is 350 g/mol. The zero-order chi connectivity index (χ0) is 18.9. The van der Waals surface area contributed by atoms with Crippen LogP contribution in [0, 0.1) is 0 Å². The van der Waals surface area contributed by atoms with E-state index in [1.165, 1.54) is 25.7 Å². The molecule has 5 rings (SSSR count). The summed E-state index contributed by atoms with van der Waals surface area (Å²) in [4.78, 5) is 14.7. The molecule has 2 aromatic heterocycles. The lowest BCUT2D eigenvalue weighted by Gasteiger charge is -2.21. The maximum atomic E-state index is 9.75. The van der Waals surface area contributed by atoms with Gasteiger partial charge in [-0.2, -0.15) is 9.97 Å². The van der Waals surface area contributed by atoms with Crippen LogP contribution in [0.1, 0.15) is 25.7 Å². The molecule has 146 valence electrons. The smallest absolute Gasteiger partial charge is 0.229 e. The Bertz CT molecular complexity index is 956. The second kappa shape index (κ2) is 7.43. The van der Waals surface area contributed by atoms with E-state index in [4.69, 9.17) is 9.97 Å². The topological polar surface area (TPSA) is 57.4 Å². The fraction of sp³-hybridized carbons (Fsp3) is 0.455. The van der Waals surface area contributed by atoms with Gasteiger partial charge in [0.15, 0.2) is 0 Å². The normalized spacial score (nSPS) is 17.2. The van der Waals surface area contributed by atoms with Crippen LogP contribution in [0.15, 0.2) is 36.4 Å². The third-order valence-electron chi connectivity index (χ3n) is 5.91. The zero-order valence-corrected chi connectivity index (χ0v) is 16.2. The third kappa shape index (κ3) is 3.02. The molecule has 0 radical (unpaired) electrons. The van der Waals surface area contributed by atoms with E-state index in [0.717, 1.165) is 60.2 Å². The molecule has 1 N–H and O–H groups in total. The molecule has 0 saturated carbocycles. The van der Waals surface area contributed by atoms with Crippen LogP contribution >= 0.6 is 0 Å². The Labute approximate surface area is 165 Å². The molecule has 2 aliphatic heterocycles. The molecule has 0 aliphatic carbocycles. The fourth-order valence-corrected chi connectivity index (χ4v) is 4.50. The first-order valence-corrected chi connectivity index (χ1v) is 10.4. The van der Waals surface area contributed by atoms with E-state index in [2.05, 4.69) is 44.7 Å². The number of aliphatic hydroxyl groups excluding tert-OH is 1. The summed E-state index contributed by atoms with van der Waals surface area (Å²) in [6.07, 6.45) is 4.83. The van der Waals surface area contributed by atoms with E-state index < -0.39 is 0 Å². The Morgan fingerprint density at radius 1 is 0.857 bits per heavy atom. The van der Waals surface area contributed by atoms with Crippen molar-refractivity contribution in [3.05, 3.63) is 36.4 Å². The van der Waals surface area contributed by atoms with Crippen molar-refractivity contribution in [1.82, 2.24) is 14.5 Å². The second-order valence-electron chi connectivity index (χ2n) is 7.74. The monoisotopic (exact) mass is 377 g/mol. The summed E-state index contributed by atoms with van der Waals surface area (Å²) in [6, 6.07) is 12.6. The number of hydrogen-bond donors (Lipinski definition) is 1. The molecule has 0 amide bonds. The number of anilines is 2. The van der Waals surface area contributed by atoms with Crippen LogP contribution in [-0.4, -0.2) is 52.4 Å². The molecule has 4 heterocycles. The number of aromatic nitrogens is 3. The minimum Gasteiger partial charge on any atom is -0.395 e. The number of benzene rings is 1. The first kappa shape index (κ1) is 17.5. The maximum Gasteiger partial charge on any atom is 0.229 e. The van der Waals surface area contributed by atoms with Gasteiger partial charge in [0.05, 0.1) is 17.7 Å². The largest absolute Gasteiger partial charge is 0.395 e. The highest BCUT2D eigenvalue weighted by Gasteiger charge is 2.25. The van der Waals surface area contributed by atoms with E-state index in [1.807, 2.05) is 6.07 Å². The molecule has 2 aliphatic rings. The lowest BCUT2D eigenvalue weighted by atomic mass is 10.1. The van der Waals surface area contributed by atoms with Crippen LogP contribution in [0.4, 0.5) is 11.8 Å². The minimum atomic E-state index is 0.0890. The minimum absolute atomic E-state index is 0.0890. The SMILES string of the molecule is OCCn1c(-c2ccccc2)cc2c(N3CCCC3)nc(N3CCCC3)nc21. The second-order valence-corrected chi connectivity index (χ2v) is 7.74. The predicted octanol–water partition coefficient (Wildman–Crippen LogP) is 3.29. The quantitative estimate of drug-likeness (QED) is 0.739. The van der Waals surface area contributed by atoms with Gasteiger partial charge in [0.25, 0.3) is 0 Å². The molecule has 0 spiro atoms. The molecule has 28 heavy (non-hydrogen) atoms. The van der Waals surface area contributed by atoms with Crippen LogP contribution < -0.4 is 9.80 Å². The lowest BCUT2D eigenvalue weighted by molar-refractivity contribution is 0.278. The number of fused-ring (bicyclic) bond motifs is 1. The van der Waals surface area contributed by atoms with E-state index in [1.54, 1.807) is 0 Å². The van der Waals surface area contributed by atoms with Gasteiger partial charge in [-0.1, -0.05) is 30.3 Å². The summed E-state index contributed by atoms with van der Waals surface area (Å²) in [5, 5.41) is 10.8. The first-order valence-electron chi connectivity index (χ1n) is 10.4. The average Bonchev–Trinajstić information content (AvgIpc) is 3.49. The van der Waals surface area contributed by atoms with Gasteiger partial charge < -0.3 is 19.5 Å². The van der Waals surface area contributed by atoms with Crippen LogP contribution in [0.2, 0.25) is 0 Å². The molecule has 0 bridgehead atoms. The van der Waals surface area contributed by atoms with E-state index >= 15 is 0 Å². The van der Waals surface area contributed by atoms with Gasteiger partial charge in [-0.3, -0.25) is 0 Å². The van der Waals surface area contributed by atoms with Gasteiger partial charge in [-0.15, -0.1) is 0 Å². The highest BCUT2D eigenvalue weighted by molar-refractivity contribution is 5.94. The van der Waals surface area contributed by atoms with E-state index in [-0.39, 0.29) is 6.61 Å². The number of nitrogens with zero attached hydrogens (tertiary/aromatic N) is 5. The summed E-state index contributed by atoms with van der Waals surface area (Å²) in [5.41, 5.74) is 3.17. The summed E-state index contributed by atoms with van der Waals surface area (Å²) >= 11 is 0. The Balaban J connectivity index is 1.73. The van der Waals surface area contributed by atoms with Crippen LogP contribution in [0.5, 0.6) is 0 Å². The number of rotatable bonds is 5. The summed E-state index contributed by atoms with van der Waals surface area (Å²) in [7, 11) is 0. The fourth-order valence-electron chi connectivity index (χ4n) is 4.50. The Morgan fingerprint density at radius 3 is 2.21 bits per heavy atom. The Hall–Kier alpha value is -2.60. The molecule has 0 atom stereocenters. The number of aliphatic hydroxyl groups is 1. The van der Waals surface area contributed by atoms with Gasteiger partial charge in [0, 0.05) is 32.7 Å². The van der Waals surface area contributed by atoms with Crippen LogP contribution in [-0.2, 0) is 6.54 Å². The summed E-state index contributed by atoms with van der Waals surface area (Å²) in [5.74, 6) is 1.89. The average molecular weight is 377 g/mol. The summed E-state index contributed by atoms with van der Waals surface area (Å²) in [6.45, 7) is 4.78. The predicted molar refractivity (Wildman–Crippen MR) is 113 cm³/mol. The van der Waals surface area contributed by atoms with Gasteiger partial charge in [0.2, 0.25) is 5.95 Å². The maximum absolute atomic E-state index is 9.75. The van der Waals surface area contributed by atoms with Gasteiger partial charge in [-0.05, 0) is 37.3 Å². The first-order chi connectivity index (χ1) is 13.8. The lowest BCUT2D eigenvalue weighted by Crippen LogP contribution is -2.24. The Kier molecular flexibility index (Phi) is 4.64. The third-order valence-corrected chi connectivity index (χ3v) is 5.91. The van der Waals surface area contributed by atoms with Crippen molar-refractivity contribution in [2.45, 2.75) is 32.2 Å². The van der Waals surface area contributed by atoms with Crippen molar-refractivity contribution in [3.8, 4) is 11.3 Å². The zero-order valence-electron chi connectivity index (χ0n) is 16.2. The highest BCUT2D eigenvalue weighted by atomic mass is 16.3. The molecular formula is C22H27N5O. The molecule has 6 heteroatoms. The van der Waals surface area contributed by atoms with Crippen molar-refractivity contribution in [2.75, 3.05) is 42.6 Å². The molecule has 6 nitrogen and oxygen atoms in total. The van der Waals surface area contributed by atoms with Crippen LogP contribution in [0.25, 0.3) is 22.3 Å². The van der Waals surface area contributed by atoms with E-state index in [0.29, 0.717) is 6.54 Å². The van der Waals surface area contributed by atoms with Crippen molar-refractivity contribution in [1.29, 1.82) is 0 Å². The van der Waals surface area contributed by atoms with Crippen molar-refractivity contribution in [2.24, 2.45) is 0 Å². The Morgan fingerprint density at radius 2 is 1.54 bits per heavy atom. The van der Waals surface area contributed by atoms with Crippen molar-refractivity contribution in [3.63, 3.8) is 0 Å². The molecule has 3 aromatic rings. The van der Waals surface area contributed by atoms with E-state index in [9.17, 15) is 5.11 Å². The summed E-state index contributed by atoms with van der Waals surface area (Å²) < 4.78 is 2.16. The standard InChI is InChI=1S/C22H27N5O/c28-15-14-27-19(17-8-2-1-3-9-17)16-18-20(25-10-4-5-11-25)23-22(24-21(18)27)26-12-6-7-13-26/h1-3,8-9,16,28H,4-7,10-15H2. The van der Waals surface area contributed by atoms with Gasteiger partial charge >= 0.3 is 0 Å². The van der Waals surface area contributed by atoms with Gasteiger partial charge in [-0.25, -0.2) is 0 Å². The molecule has 2 fully saturated rings. The highest BCUT2D eigenvalue weighted by Crippen LogP contribution is 2.35. The molecule has 0 unspecified atom stereocenters. The van der Waals surface area contributed by atoms with Crippen molar-refractivity contribution >= 4 is 22.8 Å². The van der Waals surface area contributed by atoms with Gasteiger partial charge in [0.1, 0.15) is 11.5 Å². The molecule has 2 saturated heterocycles. The van der Waals surface area contributed by atoms with Crippen LogP contribution in [0.3, 0.4) is 0 Å². The molecule has 1 aromatic carbocycles. The van der Waals surface area contributed by atoms with Crippen molar-refractivity contribution < 1.29 is 5.11 Å². The number of hydrogen-bond acceptors (Lipinski definition) is 5.